The Balaban J connectivity index is 1.49. The molecule has 0 amide bonds. The normalized spacial score (nSPS) is 12.0. The van der Waals surface area contributed by atoms with Gasteiger partial charge in [-0.05, 0) is 47.9 Å². The molecule has 3 aromatic rings. The van der Waals surface area contributed by atoms with Gasteiger partial charge in [-0.1, -0.05) is 12.1 Å². The fourth-order valence-electron chi connectivity index (χ4n) is 2.74. The Morgan fingerprint density at radius 1 is 1.10 bits per heavy atom. The molecule has 29 heavy (non-hydrogen) atoms. The molecular formula is C20H24N6O2S. The molecule has 0 saturated heterocycles. The third-order valence-electron chi connectivity index (χ3n) is 4.29. The minimum Gasteiger partial charge on any atom is -0.356 e. The molecule has 0 spiro atoms. The number of hydrogen-bond donors (Lipinski definition) is 2. The summed E-state index contributed by atoms with van der Waals surface area (Å²) < 4.78 is 24.7. The van der Waals surface area contributed by atoms with Crippen LogP contribution in [0.25, 0.3) is 5.82 Å². The second-order valence-corrected chi connectivity index (χ2v) is 8.51. The highest BCUT2D eigenvalue weighted by Crippen LogP contribution is 2.10. The van der Waals surface area contributed by atoms with Crippen LogP contribution in [-0.4, -0.2) is 49.0 Å². The number of nitrogens with one attached hydrogen (secondary N) is 2. The van der Waals surface area contributed by atoms with E-state index < -0.39 is 9.84 Å². The van der Waals surface area contributed by atoms with Crippen molar-refractivity contribution in [3.05, 3.63) is 72.2 Å². The molecule has 2 N–H and O–H groups in total. The zero-order chi connectivity index (χ0) is 20.7. The molecule has 1 aromatic carbocycles. The summed E-state index contributed by atoms with van der Waals surface area (Å²) in [6.45, 7) is 1.27. The number of benzene rings is 1. The molecule has 8 nitrogen and oxygen atoms in total. The van der Waals surface area contributed by atoms with Crippen LogP contribution in [-0.2, 0) is 22.8 Å². The van der Waals surface area contributed by atoms with Gasteiger partial charge in [0.25, 0.3) is 0 Å². The van der Waals surface area contributed by atoms with Crippen LogP contribution >= 0.6 is 0 Å². The quantitative estimate of drug-likeness (QED) is 0.451. The molecule has 3 rings (SSSR count). The van der Waals surface area contributed by atoms with Crippen LogP contribution in [0.15, 0.2) is 70.9 Å². The van der Waals surface area contributed by atoms with Gasteiger partial charge in [0.05, 0.1) is 4.90 Å². The Morgan fingerprint density at radius 2 is 1.90 bits per heavy atom. The summed E-state index contributed by atoms with van der Waals surface area (Å²) in [5, 5.41) is 10.7. The molecule has 0 aliphatic rings. The van der Waals surface area contributed by atoms with E-state index in [1.54, 1.807) is 36.3 Å². The number of sulfone groups is 1. The van der Waals surface area contributed by atoms with Crippen molar-refractivity contribution in [3.8, 4) is 5.82 Å². The van der Waals surface area contributed by atoms with Crippen molar-refractivity contribution in [3.63, 3.8) is 0 Å². The maximum Gasteiger partial charge on any atom is 0.191 e. The first-order valence-corrected chi connectivity index (χ1v) is 11.0. The van der Waals surface area contributed by atoms with E-state index in [1.807, 2.05) is 36.5 Å². The van der Waals surface area contributed by atoms with Gasteiger partial charge >= 0.3 is 0 Å². The van der Waals surface area contributed by atoms with E-state index in [9.17, 15) is 8.42 Å². The molecule has 0 saturated carbocycles. The summed E-state index contributed by atoms with van der Waals surface area (Å²) in [5.74, 6) is 1.45. The van der Waals surface area contributed by atoms with Crippen molar-refractivity contribution in [1.29, 1.82) is 0 Å². The fraction of sp³-hybridized carbons (Fsp3) is 0.250. The minimum absolute atomic E-state index is 0.332. The molecule has 152 valence electrons. The smallest absolute Gasteiger partial charge is 0.191 e. The largest absolute Gasteiger partial charge is 0.356 e. The van der Waals surface area contributed by atoms with Crippen LogP contribution in [0.2, 0.25) is 0 Å². The van der Waals surface area contributed by atoms with Crippen molar-refractivity contribution in [2.45, 2.75) is 17.9 Å². The van der Waals surface area contributed by atoms with E-state index in [1.165, 1.54) is 6.26 Å². The zero-order valence-corrected chi connectivity index (χ0v) is 17.2. The number of hydrogen-bond acceptors (Lipinski definition) is 5. The number of nitrogens with zero attached hydrogens (tertiary/aromatic N) is 4. The lowest BCUT2D eigenvalue weighted by Crippen LogP contribution is -2.37. The third kappa shape index (κ3) is 5.89. The van der Waals surface area contributed by atoms with Crippen LogP contribution in [0, 0.1) is 0 Å². The average molecular weight is 413 g/mol. The first-order chi connectivity index (χ1) is 14.0. The van der Waals surface area contributed by atoms with E-state index in [-0.39, 0.29) is 0 Å². The van der Waals surface area contributed by atoms with Crippen LogP contribution in [0.4, 0.5) is 0 Å². The minimum atomic E-state index is -3.16. The Kier molecular flexibility index (Phi) is 6.61. The topological polar surface area (TPSA) is 101 Å². The monoisotopic (exact) mass is 412 g/mol. The van der Waals surface area contributed by atoms with Crippen molar-refractivity contribution in [2.24, 2.45) is 4.99 Å². The second kappa shape index (κ2) is 9.33. The highest BCUT2D eigenvalue weighted by Gasteiger charge is 2.06. The highest BCUT2D eigenvalue weighted by atomic mass is 32.2. The van der Waals surface area contributed by atoms with Crippen molar-refractivity contribution >= 4 is 15.8 Å². The van der Waals surface area contributed by atoms with Gasteiger partial charge in [0.15, 0.2) is 21.6 Å². The van der Waals surface area contributed by atoms with Gasteiger partial charge in [0, 0.05) is 45.0 Å². The number of aliphatic imine (C=N–C) groups is 1. The maximum absolute atomic E-state index is 11.5. The van der Waals surface area contributed by atoms with E-state index in [0.717, 1.165) is 23.4 Å². The van der Waals surface area contributed by atoms with E-state index in [4.69, 9.17) is 0 Å². The van der Waals surface area contributed by atoms with Crippen molar-refractivity contribution in [2.75, 3.05) is 19.8 Å². The van der Waals surface area contributed by atoms with Crippen LogP contribution in [0.3, 0.4) is 0 Å². The number of pyridine rings is 1. The lowest BCUT2D eigenvalue weighted by Gasteiger charge is -2.12. The summed E-state index contributed by atoms with van der Waals surface area (Å²) in [7, 11) is -1.44. The number of aromatic nitrogens is 3. The van der Waals surface area contributed by atoms with Gasteiger partial charge in [-0.15, -0.1) is 0 Å². The third-order valence-corrected chi connectivity index (χ3v) is 5.42. The Labute approximate surface area is 170 Å². The Morgan fingerprint density at radius 3 is 2.55 bits per heavy atom. The van der Waals surface area contributed by atoms with Gasteiger partial charge in [-0.3, -0.25) is 4.99 Å². The van der Waals surface area contributed by atoms with Crippen LogP contribution in [0.5, 0.6) is 0 Å². The summed E-state index contributed by atoms with van der Waals surface area (Å²) in [6.07, 6.45) is 7.28. The molecule has 0 bridgehead atoms. The number of guanidine groups is 1. The van der Waals surface area contributed by atoms with Gasteiger partial charge in [0.2, 0.25) is 0 Å². The maximum atomic E-state index is 11.5. The zero-order valence-electron chi connectivity index (χ0n) is 16.4. The molecule has 9 heteroatoms. The molecule has 0 atom stereocenters. The predicted octanol–water partition coefficient (Wildman–Crippen LogP) is 1.58. The van der Waals surface area contributed by atoms with Crippen LogP contribution in [0.1, 0.15) is 11.1 Å². The molecular weight excluding hydrogens is 388 g/mol. The molecule has 0 radical (unpaired) electrons. The standard InChI is InChI=1S/C20H24N6O2S/c1-21-20(23-12-8-16-4-6-18(7-5-16)29(2,27)28)24-15-17-9-11-22-19(14-17)26-13-3-10-25-26/h3-7,9-11,13-14H,8,12,15H2,1-2H3,(H2,21,23,24). The molecule has 2 aromatic heterocycles. The van der Waals surface area contributed by atoms with Gasteiger partial charge in [0.1, 0.15) is 0 Å². The summed E-state index contributed by atoms with van der Waals surface area (Å²) in [5.41, 5.74) is 2.11. The van der Waals surface area contributed by atoms with Gasteiger partial charge in [-0.25, -0.2) is 18.1 Å². The van der Waals surface area contributed by atoms with Gasteiger partial charge < -0.3 is 10.6 Å². The average Bonchev–Trinajstić information content (AvgIpc) is 3.25. The lowest BCUT2D eigenvalue weighted by atomic mass is 10.1. The molecule has 0 aliphatic carbocycles. The lowest BCUT2D eigenvalue weighted by molar-refractivity contribution is 0.602. The highest BCUT2D eigenvalue weighted by molar-refractivity contribution is 7.90. The van der Waals surface area contributed by atoms with Gasteiger partial charge in [-0.2, -0.15) is 5.10 Å². The summed E-state index contributed by atoms with van der Waals surface area (Å²) in [6, 6.07) is 12.7. The number of rotatable bonds is 7. The molecule has 0 fully saturated rings. The predicted molar refractivity (Wildman–Crippen MR) is 113 cm³/mol. The molecule has 0 aliphatic heterocycles. The first-order valence-electron chi connectivity index (χ1n) is 9.14. The summed E-state index contributed by atoms with van der Waals surface area (Å²) >= 11 is 0. The Hall–Kier alpha value is -3.20. The summed E-state index contributed by atoms with van der Waals surface area (Å²) in [4.78, 5) is 8.89. The second-order valence-electron chi connectivity index (χ2n) is 6.49. The van der Waals surface area contributed by atoms with E-state index in [2.05, 4.69) is 25.7 Å². The van der Waals surface area contributed by atoms with Crippen molar-refractivity contribution in [1.82, 2.24) is 25.4 Å². The van der Waals surface area contributed by atoms with Crippen LogP contribution < -0.4 is 10.6 Å². The molecule has 2 heterocycles. The van der Waals surface area contributed by atoms with E-state index >= 15 is 0 Å². The Bertz CT molecular complexity index is 1060. The fourth-order valence-corrected chi connectivity index (χ4v) is 3.37. The van der Waals surface area contributed by atoms with Crippen molar-refractivity contribution < 1.29 is 8.42 Å². The first kappa shape index (κ1) is 20.5. The SMILES string of the molecule is CN=C(NCCc1ccc(S(C)(=O)=O)cc1)NCc1ccnc(-n2cccn2)c1. The molecule has 0 unspecified atom stereocenters. The van der Waals surface area contributed by atoms with E-state index in [0.29, 0.717) is 23.9 Å².